The number of likely N-dealkylation sites (tertiary alicyclic amines) is 1. The van der Waals surface area contributed by atoms with Gasteiger partial charge in [-0.25, -0.2) is 0 Å². The van der Waals surface area contributed by atoms with E-state index < -0.39 is 0 Å². The Bertz CT molecular complexity index is 382. The molecule has 1 heterocycles. The Morgan fingerprint density at radius 2 is 1.90 bits per heavy atom. The quantitative estimate of drug-likeness (QED) is 0.808. The van der Waals surface area contributed by atoms with Crippen LogP contribution in [0.2, 0.25) is 0 Å². The van der Waals surface area contributed by atoms with E-state index in [1.165, 1.54) is 43.6 Å². The van der Waals surface area contributed by atoms with Gasteiger partial charge in [-0.1, -0.05) is 29.8 Å². The lowest BCUT2D eigenvalue weighted by atomic mass is 9.96. The second kappa shape index (κ2) is 8.06. The van der Waals surface area contributed by atoms with E-state index in [1.54, 1.807) is 0 Å². The summed E-state index contributed by atoms with van der Waals surface area (Å²) in [5, 5.41) is 4.20. The summed E-state index contributed by atoms with van der Waals surface area (Å²) in [6, 6.07) is 8.97. The highest BCUT2D eigenvalue weighted by Crippen LogP contribution is 2.19. The first-order valence-corrected chi connectivity index (χ1v) is 9.00. The number of rotatable bonds is 6. The van der Waals surface area contributed by atoms with Crippen molar-refractivity contribution < 1.29 is 0 Å². The monoisotopic (exact) mass is 292 g/mol. The summed E-state index contributed by atoms with van der Waals surface area (Å²) in [6.07, 6.45) is 4.84. The number of hydrogen-bond donors (Lipinski definition) is 1. The SMILES string of the molecule is CSC(C)NCC1CCN(Cc2ccc(C)cc2)CC1. The van der Waals surface area contributed by atoms with Crippen molar-refractivity contribution in [2.75, 3.05) is 25.9 Å². The molecule has 1 aromatic rings. The zero-order valence-electron chi connectivity index (χ0n) is 13.1. The summed E-state index contributed by atoms with van der Waals surface area (Å²) in [6.45, 7) is 9.18. The van der Waals surface area contributed by atoms with Gasteiger partial charge < -0.3 is 5.32 Å². The minimum Gasteiger partial charge on any atom is -0.305 e. The van der Waals surface area contributed by atoms with Gasteiger partial charge >= 0.3 is 0 Å². The summed E-state index contributed by atoms with van der Waals surface area (Å²) < 4.78 is 0. The minimum atomic E-state index is 0.584. The molecule has 1 N–H and O–H groups in total. The topological polar surface area (TPSA) is 15.3 Å². The average Bonchev–Trinajstić information content (AvgIpc) is 2.48. The molecule has 1 saturated heterocycles. The lowest BCUT2D eigenvalue weighted by Gasteiger charge is -2.32. The average molecular weight is 292 g/mol. The lowest BCUT2D eigenvalue weighted by molar-refractivity contribution is 0.175. The van der Waals surface area contributed by atoms with Crippen molar-refractivity contribution in [3.63, 3.8) is 0 Å². The molecule has 3 heteroatoms. The van der Waals surface area contributed by atoms with E-state index in [-0.39, 0.29) is 0 Å². The molecule has 0 aromatic heterocycles. The molecular formula is C17H28N2S. The van der Waals surface area contributed by atoms with Gasteiger partial charge in [-0.2, -0.15) is 0 Å². The highest BCUT2D eigenvalue weighted by atomic mass is 32.2. The first-order chi connectivity index (χ1) is 9.67. The molecule has 0 aliphatic carbocycles. The fourth-order valence-electron chi connectivity index (χ4n) is 2.72. The third-order valence-corrected chi connectivity index (χ3v) is 5.16. The van der Waals surface area contributed by atoms with Gasteiger partial charge in [0.15, 0.2) is 0 Å². The van der Waals surface area contributed by atoms with Crippen LogP contribution >= 0.6 is 11.8 Å². The van der Waals surface area contributed by atoms with E-state index in [4.69, 9.17) is 0 Å². The largest absolute Gasteiger partial charge is 0.305 e. The zero-order valence-corrected chi connectivity index (χ0v) is 13.9. The predicted molar refractivity (Wildman–Crippen MR) is 90.2 cm³/mol. The Balaban J connectivity index is 1.70. The van der Waals surface area contributed by atoms with E-state index in [9.17, 15) is 0 Å². The molecule has 112 valence electrons. The van der Waals surface area contributed by atoms with Crippen LogP contribution in [0.15, 0.2) is 24.3 Å². The Morgan fingerprint density at radius 1 is 1.25 bits per heavy atom. The Morgan fingerprint density at radius 3 is 2.50 bits per heavy atom. The molecule has 0 spiro atoms. The van der Waals surface area contributed by atoms with E-state index in [0.29, 0.717) is 5.37 Å². The van der Waals surface area contributed by atoms with Crippen LogP contribution in [0.5, 0.6) is 0 Å². The van der Waals surface area contributed by atoms with Gasteiger partial charge in [0.05, 0.1) is 5.37 Å². The predicted octanol–water partition coefficient (Wildman–Crippen LogP) is 3.51. The van der Waals surface area contributed by atoms with Crippen LogP contribution in [0.3, 0.4) is 0 Å². The Hall–Kier alpha value is -0.510. The molecule has 2 nitrogen and oxygen atoms in total. The molecule has 1 aliphatic heterocycles. The van der Waals surface area contributed by atoms with Crippen LogP contribution in [0.4, 0.5) is 0 Å². The van der Waals surface area contributed by atoms with Crippen molar-refractivity contribution in [1.82, 2.24) is 10.2 Å². The van der Waals surface area contributed by atoms with Gasteiger partial charge in [0.25, 0.3) is 0 Å². The van der Waals surface area contributed by atoms with E-state index in [0.717, 1.165) is 12.5 Å². The van der Waals surface area contributed by atoms with E-state index >= 15 is 0 Å². The molecular weight excluding hydrogens is 264 g/mol. The molecule has 1 fully saturated rings. The van der Waals surface area contributed by atoms with Crippen molar-refractivity contribution in [2.24, 2.45) is 5.92 Å². The van der Waals surface area contributed by atoms with Crippen molar-refractivity contribution in [1.29, 1.82) is 0 Å². The maximum Gasteiger partial charge on any atom is 0.0500 e. The van der Waals surface area contributed by atoms with Crippen molar-refractivity contribution >= 4 is 11.8 Å². The molecule has 1 aromatic carbocycles. The normalized spacial score (nSPS) is 19.1. The van der Waals surface area contributed by atoms with Gasteiger partial charge in [0, 0.05) is 6.54 Å². The maximum atomic E-state index is 3.62. The van der Waals surface area contributed by atoms with Gasteiger partial charge in [0.1, 0.15) is 0 Å². The van der Waals surface area contributed by atoms with Gasteiger partial charge in [-0.05, 0) is 64.1 Å². The molecule has 1 unspecified atom stereocenters. The summed E-state index contributed by atoms with van der Waals surface area (Å²) >= 11 is 1.90. The van der Waals surface area contributed by atoms with Crippen LogP contribution in [0, 0.1) is 12.8 Å². The van der Waals surface area contributed by atoms with Crippen LogP contribution in [0.1, 0.15) is 30.9 Å². The molecule has 1 aliphatic rings. The van der Waals surface area contributed by atoms with Crippen LogP contribution in [0.25, 0.3) is 0 Å². The van der Waals surface area contributed by atoms with Crippen LogP contribution in [-0.2, 0) is 6.54 Å². The standard InChI is InChI=1S/C17H28N2S/c1-14-4-6-17(7-5-14)13-19-10-8-16(9-11-19)12-18-15(2)20-3/h4-7,15-16,18H,8-13H2,1-3H3. The fraction of sp³-hybridized carbons (Fsp3) is 0.647. The molecule has 0 saturated carbocycles. The fourth-order valence-corrected chi connectivity index (χ4v) is 2.98. The van der Waals surface area contributed by atoms with Crippen LogP contribution in [-0.4, -0.2) is 36.2 Å². The van der Waals surface area contributed by atoms with Crippen molar-refractivity contribution in [3.05, 3.63) is 35.4 Å². The van der Waals surface area contributed by atoms with Gasteiger partial charge in [-0.15, -0.1) is 11.8 Å². The van der Waals surface area contributed by atoms with E-state index in [2.05, 4.69) is 54.6 Å². The van der Waals surface area contributed by atoms with Crippen molar-refractivity contribution in [2.45, 2.75) is 38.6 Å². The summed E-state index contributed by atoms with van der Waals surface area (Å²) in [4.78, 5) is 2.60. The number of hydrogen-bond acceptors (Lipinski definition) is 3. The number of thioether (sulfide) groups is 1. The smallest absolute Gasteiger partial charge is 0.0500 e. The first kappa shape index (κ1) is 15.9. The second-order valence-corrected chi connectivity index (χ2v) is 7.17. The second-order valence-electron chi connectivity index (χ2n) is 5.99. The highest BCUT2D eigenvalue weighted by Gasteiger charge is 2.19. The zero-order chi connectivity index (χ0) is 14.4. The van der Waals surface area contributed by atoms with Crippen LogP contribution < -0.4 is 5.32 Å². The summed E-state index contributed by atoms with van der Waals surface area (Å²) in [5.41, 5.74) is 2.80. The van der Waals surface area contributed by atoms with Crippen molar-refractivity contribution in [3.8, 4) is 0 Å². The number of nitrogens with zero attached hydrogens (tertiary/aromatic N) is 1. The number of aryl methyl sites for hydroxylation is 1. The summed E-state index contributed by atoms with van der Waals surface area (Å²) in [7, 11) is 0. The molecule has 20 heavy (non-hydrogen) atoms. The molecule has 0 bridgehead atoms. The lowest BCUT2D eigenvalue weighted by Crippen LogP contribution is -2.38. The van der Waals surface area contributed by atoms with E-state index in [1.807, 2.05) is 11.8 Å². The first-order valence-electron chi connectivity index (χ1n) is 7.71. The molecule has 0 amide bonds. The highest BCUT2D eigenvalue weighted by molar-refractivity contribution is 7.99. The molecule has 0 radical (unpaired) electrons. The third-order valence-electron chi connectivity index (χ3n) is 4.28. The van der Waals surface area contributed by atoms with Gasteiger partial charge in [0.2, 0.25) is 0 Å². The minimum absolute atomic E-state index is 0.584. The number of benzene rings is 1. The number of piperidine rings is 1. The molecule has 1 atom stereocenters. The molecule has 2 rings (SSSR count). The number of nitrogens with one attached hydrogen (secondary N) is 1. The third kappa shape index (κ3) is 5.12. The summed E-state index contributed by atoms with van der Waals surface area (Å²) in [5.74, 6) is 0.860. The van der Waals surface area contributed by atoms with Gasteiger partial charge in [-0.3, -0.25) is 4.90 Å². The maximum absolute atomic E-state index is 3.62. The Labute approximate surface area is 128 Å². The Kier molecular flexibility index (Phi) is 6.40.